The Labute approximate surface area is 171 Å². The molecule has 0 unspecified atom stereocenters. The van der Waals surface area contributed by atoms with Crippen LogP contribution in [0.2, 0.25) is 0 Å². The zero-order chi connectivity index (χ0) is 21.2. The van der Waals surface area contributed by atoms with E-state index in [1.165, 1.54) is 5.57 Å². The largest absolute Gasteiger partial charge is 0.456 e. The Morgan fingerprint density at radius 3 is 2.83 bits per heavy atom. The number of allylic oxidation sites excluding steroid dienone is 2. The molecule has 3 rings (SSSR count). The lowest BCUT2D eigenvalue weighted by Gasteiger charge is -2.38. The molecule has 1 aromatic heterocycles. The van der Waals surface area contributed by atoms with Crippen molar-refractivity contribution >= 4 is 11.0 Å². The topological polar surface area (TPSA) is 79.9 Å². The van der Waals surface area contributed by atoms with Gasteiger partial charge in [0, 0.05) is 6.42 Å². The maximum Gasteiger partial charge on any atom is 0.292 e. The molecular formula is C24H30O5. The summed E-state index contributed by atoms with van der Waals surface area (Å²) in [6, 6.07) is 7.07. The summed E-state index contributed by atoms with van der Waals surface area (Å²) >= 11 is 0. The summed E-state index contributed by atoms with van der Waals surface area (Å²) in [5.74, 6) is 0.215. The van der Waals surface area contributed by atoms with E-state index < -0.39 is 17.8 Å². The quantitative estimate of drug-likeness (QED) is 0.680. The van der Waals surface area contributed by atoms with E-state index in [1.807, 2.05) is 26.8 Å². The zero-order valence-corrected chi connectivity index (χ0v) is 17.4. The summed E-state index contributed by atoms with van der Waals surface area (Å²) in [5.41, 5.74) is 1.86. The molecular weight excluding hydrogens is 368 g/mol. The molecule has 156 valence electrons. The third-order valence-corrected chi connectivity index (χ3v) is 5.80. The minimum Gasteiger partial charge on any atom is -0.456 e. The van der Waals surface area contributed by atoms with Crippen molar-refractivity contribution in [3.63, 3.8) is 0 Å². The van der Waals surface area contributed by atoms with Gasteiger partial charge in [0.2, 0.25) is 0 Å². The van der Waals surface area contributed by atoms with E-state index >= 15 is 0 Å². The van der Waals surface area contributed by atoms with Crippen LogP contribution < -0.4 is 10.2 Å². The number of rotatable bonds is 7. The van der Waals surface area contributed by atoms with Gasteiger partial charge in [-0.1, -0.05) is 35.9 Å². The molecule has 0 amide bonds. The van der Waals surface area contributed by atoms with Gasteiger partial charge in [-0.25, -0.2) is 0 Å². The van der Waals surface area contributed by atoms with E-state index in [1.54, 1.807) is 18.2 Å². The van der Waals surface area contributed by atoms with Gasteiger partial charge in [-0.3, -0.25) is 4.79 Å². The first-order valence-corrected chi connectivity index (χ1v) is 10.1. The highest BCUT2D eigenvalue weighted by Gasteiger charge is 2.42. The van der Waals surface area contributed by atoms with Crippen molar-refractivity contribution in [2.75, 3.05) is 0 Å². The Morgan fingerprint density at radius 2 is 2.10 bits per heavy atom. The first-order chi connectivity index (χ1) is 13.7. The fourth-order valence-electron chi connectivity index (χ4n) is 3.64. The molecule has 0 radical (unpaired) electrons. The van der Waals surface area contributed by atoms with E-state index in [9.17, 15) is 15.0 Å². The van der Waals surface area contributed by atoms with Gasteiger partial charge >= 0.3 is 0 Å². The molecule has 0 fully saturated rings. The van der Waals surface area contributed by atoms with Crippen molar-refractivity contribution in [1.29, 1.82) is 0 Å². The molecule has 5 nitrogen and oxygen atoms in total. The summed E-state index contributed by atoms with van der Waals surface area (Å²) < 4.78 is 11.9. The highest BCUT2D eigenvalue weighted by Crippen LogP contribution is 2.36. The first kappa shape index (κ1) is 21.3. The highest BCUT2D eigenvalue weighted by atomic mass is 16.6. The normalized spacial score (nSPS) is 22.8. The summed E-state index contributed by atoms with van der Waals surface area (Å²) in [6.45, 7) is 9.48. The molecule has 2 heterocycles. The van der Waals surface area contributed by atoms with Gasteiger partial charge in [0.05, 0.1) is 23.2 Å². The molecule has 0 bridgehead atoms. The average molecular weight is 398 g/mol. The lowest BCUT2D eigenvalue weighted by atomic mass is 9.86. The molecule has 2 aromatic rings. The van der Waals surface area contributed by atoms with E-state index in [0.717, 1.165) is 18.4 Å². The predicted molar refractivity (Wildman–Crippen MR) is 114 cm³/mol. The highest BCUT2D eigenvalue weighted by molar-refractivity contribution is 5.77. The van der Waals surface area contributed by atoms with E-state index in [4.69, 9.17) is 9.15 Å². The molecule has 0 saturated carbocycles. The van der Waals surface area contributed by atoms with Gasteiger partial charge in [0.25, 0.3) is 5.95 Å². The number of aliphatic hydroxyl groups excluding tert-OH is 2. The van der Waals surface area contributed by atoms with E-state index in [0.29, 0.717) is 29.4 Å². The summed E-state index contributed by atoms with van der Waals surface area (Å²) in [6.07, 6.45) is 3.80. The van der Waals surface area contributed by atoms with Crippen LogP contribution in [0.5, 0.6) is 5.95 Å². The number of hydrogen-bond acceptors (Lipinski definition) is 5. The maximum atomic E-state index is 12.7. The van der Waals surface area contributed by atoms with Gasteiger partial charge in [0.1, 0.15) is 11.2 Å². The monoisotopic (exact) mass is 398 g/mol. The molecule has 2 N–H and O–H groups in total. The number of para-hydroxylation sites is 1. The fraction of sp³-hybridized carbons (Fsp3) is 0.458. The summed E-state index contributed by atoms with van der Waals surface area (Å²) in [4.78, 5) is 12.7. The smallest absolute Gasteiger partial charge is 0.292 e. The number of aliphatic hydroxyl groups is 2. The van der Waals surface area contributed by atoms with Crippen molar-refractivity contribution in [1.82, 2.24) is 0 Å². The van der Waals surface area contributed by atoms with Gasteiger partial charge in [-0.05, 0) is 58.6 Å². The molecule has 0 spiro atoms. The Kier molecular flexibility index (Phi) is 6.30. The second kappa shape index (κ2) is 8.56. The average Bonchev–Trinajstić information content (AvgIpc) is 2.68. The third-order valence-electron chi connectivity index (χ3n) is 5.80. The number of fused-ring (bicyclic) bond motifs is 2. The maximum absolute atomic E-state index is 12.7. The molecule has 0 aliphatic carbocycles. The molecule has 1 aromatic carbocycles. The SMILES string of the molecule is C=C(C)[C@H](O)CC/C(C)=C/CC[C@]1(C)Oc2oc3ccccc3c(=O)c2C[C@@H]1O. The Bertz CT molecular complexity index is 986. The molecule has 5 heteroatoms. The molecule has 0 saturated heterocycles. The van der Waals surface area contributed by atoms with Gasteiger partial charge in [0.15, 0.2) is 5.43 Å². The van der Waals surface area contributed by atoms with Crippen LogP contribution in [0.3, 0.4) is 0 Å². The van der Waals surface area contributed by atoms with Crippen LogP contribution in [0.25, 0.3) is 11.0 Å². The van der Waals surface area contributed by atoms with Crippen LogP contribution in [0, 0.1) is 0 Å². The van der Waals surface area contributed by atoms with Crippen molar-refractivity contribution < 1.29 is 19.4 Å². The minimum absolute atomic E-state index is 0.144. The molecule has 3 atom stereocenters. The Morgan fingerprint density at radius 1 is 1.38 bits per heavy atom. The van der Waals surface area contributed by atoms with Gasteiger partial charge in [-0.15, -0.1) is 0 Å². The molecule has 1 aliphatic rings. The predicted octanol–water partition coefficient (Wildman–Crippen LogP) is 4.29. The molecule has 29 heavy (non-hydrogen) atoms. The standard InChI is InChI=1S/C24H30O5/c1-15(2)19(25)12-11-16(3)8-7-13-24(4)21(26)14-18-22(27)17-9-5-6-10-20(17)28-23(18)29-24/h5-6,8-10,19,21,25-26H,1,7,11-14H2,2-4H3/b16-8+/t19-,21+,24+/m1/s1. The number of hydrogen-bond donors (Lipinski definition) is 2. The summed E-state index contributed by atoms with van der Waals surface area (Å²) in [5, 5.41) is 21.1. The van der Waals surface area contributed by atoms with Gasteiger partial charge in [-0.2, -0.15) is 0 Å². The van der Waals surface area contributed by atoms with Crippen LogP contribution >= 0.6 is 0 Å². The van der Waals surface area contributed by atoms with Crippen LogP contribution in [0.1, 0.15) is 52.0 Å². The summed E-state index contributed by atoms with van der Waals surface area (Å²) in [7, 11) is 0. The van der Waals surface area contributed by atoms with Crippen LogP contribution in [-0.4, -0.2) is 28.0 Å². The minimum atomic E-state index is -0.834. The van der Waals surface area contributed by atoms with Gasteiger partial charge < -0.3 is 19.4 Å². The lowest BCUT2D eigenvalue weighted by molar-refractivity contribution is -0.0726. The van der Waals surface area contributed by atoms with Crippen LogP contribution in [0.15, 0.2) is 57.3 Å². The number of benzene rings is 1. The second-order valence-corrected chi connectivity index (χ2v) is 8.32. The first-order valence-electron chi connectivity index (χ1n) is 10.1. The fourth-order valence-corrected chi connectivity index (χ4v) is 3.64. The number of ether oxygens (including phenoxy) is 1. The molecule has 1 aliphatic heterocycles. The van der Waals surface area contributed by atoms with Crippen molar-refractivity contribution in [3.8, 4) is 5.95 Å². The van der Waals surface area contributed by atoms with Crippen molar-refractivity contribution in [2.24, 2.45) is 0 Å². The second-order valence-electron chi connectivity index (χ2n) is 8.32. The van der Waals surface area contributed by atoms with E-state index in [2.05, 4.69) is 12.7 Å². The van der Waals surface area contributed by atoms with Crippen molar-refractivity contribution in [3.05, 3.63) is 63.9 Å². The zero-order valence-electron chi connectivity index (χ0n) is 17.4. The third kappa shape index (κ3) is 4.62. The lowest BCUT2D eigenvalue weighted by Crippen LogP contribution is -2.50. The Balaban J connectivity index is 1.71. The van der Waals surface area contributed by atoms with Crippen molar-refractivity contribution in [2.45, 2.75) is 70.7 Å². The van der Waals surface area contributed by atoms with Crippen LogP contribution in [0.4, 0.5) is 0 Å². The van der Waals surface area contributed by atoms with Crippen LogP contribution in [-0.2, 0) is 6.42 Å². The van der Waals surface area contributed by atoms with E-state index in [-0.39, 0.29) is 17.8 Å². The Hall–Kier alpha value is -2.37.